The topological polar surface area (TPSA) is 86.8 Å². The maximum Gasteiger partial charge on any atom is 0.246 e. The second kappa shape index (κ2) is 8.80. The minimum atomic E-state index is -1.11. The smallest absolute Gasteiger partial charge is 0.246 e. The fraction of sp³-hybridized carbons (Fsp3) is 0.375. The van der Waals surface area contributed by atoms with Gasteiger partial charge in [-0.15, -0.1) is 0 Å². The second-order valence-corrected chi connectivity index (χ2v) is 8.22. The second-order valence-electron chi connectivity index (χ2n) is 8.22. The van der Waals surface area contributed by atoms with Gasteiger partial charge in [-0.05, 0) is 61.4 Å². The summed E-state index contributed by atoms with van der Waals surface area (Å²) in [5.74, 6) is 0.457. The van der Waals surface area contributed by atoms with Gasteiger partial charge in [-0.25, -0.2) is 0 Å². The van der Waals surface area contributed by atoms with Crippen LogP contribution < -0.4 is 5.73 Å². The molecule has 0 saturated carbocycles. The molecular weight excluding hydrogens is 364 g/mol. The average Bonchev–Trinajstić information content (AvgIpc) is 2.71. The number of carbonyl (C=O) groups is 1. The maximum atomic E-state index is 12.5. The molecule has 0 aliphatic carbocycles. The zero-order valence-corrected chi connectivity index (χ0v) is 17.1. The van der Waals surface area contributed by atoms with Crippen molar-refractivity contribution >= 4 is 12.0 Å². The number of amides is 1. The van der Waals surface area contributed by atoms with Crippen LogP contribution in [0.4, 0.5) is 0 Å². The summed E-state index contributed by atoms with van der Waals surface area (Å²) in [6.45, 7) is 5.24. The number of nitrogens with two attached hydrogens (primary N) is 1. The van der Waals surface area contributed by atoms with Gasteiger partial charge >= 0.3 is 0 Å². The number of phenols is 1. The number of hydrogen-bond donors (Lipinski definition) is 3. The van der Waals surface area contributed by atoms with E-state index in [1.807, 2.05) is 11.0 Å². The third-order valence-corrected chi connectivity index (χ3v) is 5.56. The predicted molar refractivity (Wildman–Crippen MR) is 115 cm³/mol. The van der Waals surface area contributed by atoms with E-state index in [2.05, 4.69) is 18.2 Å². The summed E-state index contributed by atoms with van der Waals surface area (Å²) in [5, 5.41) is 20.2. The normalized spacial score (nSPS) is 15.8. The van der Waals surface area contributed by atoms with Crippen LogP contribution in [0.5, 0.6) is 5.75 Å². The summed E-state index contributed by atoms with van der Waals surface area (Å²) in [6, 6.07) is 13.4. The fourth-order valence-corrected chi connectivity index (χ4v) is 3.85. The maximum absolute atomic E-state index is 12.5. The van der Waals surface area contributed by atoms with Gasteiger partial charge in [-0.1, -0.05) is 36.4 Å². The van der Waals surface area contributed by atoms with Crippen molar-refractivity contribution in [3.63, 3.8) is 0 Å². The van der Waals surface area contributed by atoms with E-state index in [1.165, 1.54) is 5.56 Å². The molecule has 0 bridgehead atoms. The molecule has 0 unspecified atom stereocenters. The molecule has 154 valence electrons. The van der Waals surface area contributed by atoms with E-state index >= 15 is 0 Å². The monoisotopic (exact) mass is 394 g/mol. The third-order valence-electron chi connectivity index (χ3n) is 5.56. The van der Waals surface area contributed by atoms with Gasteiger partial charge in [-0.2, -0.15) is 0 Å². The first-order valence-electron chi connectivity index (χ1n) is 10.1. The minimum absolute atomic E-state index is 0.0209. The molecule has 5 nitrogen and oxygen atoms in total. The average molecular weight is 395 g/mol. The molecule has 0 atom stereocenters. The molecule has 1 aliphatic rings. The number of benzene rings is 2. The van der Waals surface area contributed by atoms with Crippen LogP contribution in [0.1, 0.15) is 54.9 Å². The SMILES string of the molecule is CC(C)(O)c1ccc(C=CC(=O)N2CCC(c3cccc(CN)c3)CC2)cc1O. The standard InChI is InChI=1S/C24H30N2O3/c1-24(2,29)21-8-6-17(15-22(21)27)7-9-23(28)26-12-10-19(11-13-26)20-5-3-4-18(14-20)16-25/h3-9,14-15,19,27,29H,10-13,16,25H2,1-2H3. The Labute approximate surface area is 172 Å². The van der Waals surface area contributed by atoms with E-state index in [9.17, 15) is 15.0 Å². The summed E-state index contributed by atoms with van der Waals surface area (Å²) < 4.78 is 0. The molecule has 2 aromatic carbocycles. The number of hydrogen-bond acceptors (Lipinski definition) is 4. The summed E-state index contributed by atoms with van der Waals surface area (Å²) in [4.78, 5) is 14.4. The van der Waals surface area contributed by atoms with Gasteiger partial charge in [0.2, 0.25) is 5.91 Å². The van der Waals surface area contributed by atoms with Crippen LogP contribution in [0.2, 0.25) is 0 Å². The number of aliphatic hydroxyl groups is 1. The largest absolute Gasteiger partial charge is 0.508 e. The van der Waals surface area contributed by atoms with Gasteiger partial charge in [0.1, 0.15) is 5.75 Å². The van der Waals surface area contributed by atoms with Crippen molar-refractivity contribution in [2.45, 2.75) is 44.8 Å². The van der Waals surface area contributed by atoms with Crippen LogP contribution in [-0.4, -0.2) is 34.1 Å². The molecule has 1 heterocycles. The van der Waals surface area contributed by atoms with Crippen molar-refractivity contribution in [3.05, 3.63) is 70.8 Å². The molecule has 29 heavy (non-hydrogen) atoms. The number of rotatable bonds is 5. The van der Waals surface area contributed by atoms with Gasteiger partial charge in [0.25, 0.3) is 0 Å². The van der Waals surface area contributed by atoms with Crippen LogP contribution in [0.3, 0.4) is 0 Å². The zero-order chi connectivity index (χ0) is 21.0. The summed E-state index contributed by atoms with van der Waals surface area (Å²) >= 11 is 0. The molecule has 1 amide bonds. The van der Waals surface area contributed by atoms with E-state index in [-0.39, 0.29) is 11.7 Å². The Morgan fingerprint density at radius 3 is 2.55 bits per heavy atom. The van der Waals surface area contributed by atoms with E-state index in [0.29, 0.717) is 18.0 Å². The van der Waals surface area contributed by atoms with E-state index in [0.717, 1.165) is 37.1 Å². The van der Waals surface area contributed by atoms with Gasteiger partial charge in [0, 0.05) is 31.3 Å². The summed E-state index contributed by atoms with van der Waals surface area (Å²) in [6.07, 6.45) is 5.13. The Morgan fingerprint density at radius 1 is 1.21 bits per heavy atom. The molecule has 3 rings (SSSR count). The van der Waals surface area contributed by atoms with Crippen molar-refractivity contribution in [1.29, 1.82) is 0 Å². The number of nitrogens with zero attached hydrogens (tertiary/aromatic N) is 1. The quantitative estimate of drug-likeness (QED) is 0.678. The predicted octanol–water partition coefficient (Wildman–Crippen LogP) is 3.50. The van der Waals surface area contributed by atoms with Crippen LogP contribution in [0, 0.1) is 0 Å². The molecule has 4 N–H and O–H groups in total. The van der Waals surface area contributed by atoms with Crippen molar-refractivity contribution in [3.8, 4) is 5.75 Å². The number of piperidine rings is 1. The first-order valence-corrected chi connectivity index (χ1v) is 10.1. The lowest BCUT2D eigenvalue weighted by atomic mass is 9.88. The highest BCUT2D eigenvalue weighted by atomic mass is 16.3. The van der Waals surface area contributed by atoms with Gasteiger partial charge in [0.05, 0.1) is 5.60 Å². The Balaban J connectivity index is 1.59. The molecule has 0 radical (unpaired) electrons. The van der Waals surface area contributed by atoms with E-state index in [4.69, 9.17) is 5.73 Å². The molecule has 2 aromatic rings. The fourth-order valence-electron chi connectivity index (χ4n) is 3.85. The van der Waals surface area contributed by atoms with Crippen molar-refractivity contribution < 1.29 is 15.0 Å². The summed E-state index contributed by atoms with van der Waals surface area (Å²) in [7, 11) is 0. The van der Waals surface area contributed by atoms with Gasteiger partial charge < -0.3 is 20.8 Å². The first kappa shape index (κ1) is 21.1. The first-order chi connectivity index (χ1) is 13.8. The Bertz CT molecular complexity index is 891. The van der Waals surface area contributed by atoms with Crippen LogP contribution in [0.15, 0.2) is 48.5 Å². The molecule has 0 aromatic heterocycles. The molecule has 5 heteroatoms. The number of phenolic OH excluding ortho intramolecular Hbond substituents is 1. The van der Waals surface area contributed by atoms with Crippen molar-refractivity contribution in [2.75, 3.05) is 13.1 Å². The van der Waals surface area contributed by atoms with Crippen LogP contribution >= 0.6 is 0 Å². The highest BCUT2D eigenvalue weighted by Gasteiger charge is 2.23. The van der Waals surface area contributed by atoms with E-state index in [1.54, 1.807) is 44.2 Å². The van der Waals surface area contributed by atoms with Crippen molar-refractivity contribution in [2.24, 2.45) is 5.73 Å². The summed E-state index contributed by atoms with van der Waals surface area (Å²) in [5.41, 5.74) is 8.25. The molecule has 1 aliphatic heterocycles. The lowest BCUT2D eigenvalue weighted by Gasteiger charge is -2.31. The lowest BCUT2D eigenvalue weighted by molar-refractivity contribution is -0.126. The minimum Gasteiger partial charge on any atom is -0.508 e. The lowest BCUT2D eigenvalue weighted by Crippen LogP contribution is -2.36. The highest BCUT2D eigenvalue weighted by Crippen LogP contribution is 2.30. The van der Waals surface area contributed by atoms with E-state index < -0.39 is 5.60 Å². The van der Waals surface area contributed by atoms with Gasteiger partial charge in [-0.3, -0.25) is 4.79 Å². The Hall–Kier alpha value is -2.63. The number of likely N-dealkylation sites (tertiary alicyclic amines) is 1. The van der Waals surface area contributed by atoms with Crippen molar-refractivity contribution in [1.82, 2.24) is 4.90 Å². The molecule has 0 spiro atoms. The number of aromatic hydroxyl groups is 1. The highest BCUT2D eigenvalue weighted by molar-refractivity contribution is 5.91. The zero-order valence-electron chi connectivity index (χ0n) is 17.1. The third kappa shape index (κ3) is 5.25. The number of carbonyl (C=O) groups excluding carboxylic acids is 1. The Morgan fingerprint density at radius 2 is 1.93 bits per heavy atom. The molecule has 1 fully saturated rings. The molecule has 1 saturated heterocycles. The Kier molecular flexibility index (Phi) is 6.40. The van der Waals surface area contributed by atoms with Crippen LogP contribution in [-0.2, 0) is 16.9 Å². The van der Waals surface area contributed by atoms with Crippen LogP contribution in [0.25, 0.3) is 6.08 Å². The van der Waals surface area contributed by atoms with Gasteiger partial charge in [0.15, 0.2) is 0 Å². The molecular formula is C24H30N2O3.